The molecule has 0 spiro atoms. The van der Waals surface area contributed by atoms with Crippen LogP contribution < -0.4 is 5.73 Å². The Labute approximate surface area is 94.3 Å². The van der Waals surface area contributed by atoms with Crippen LogP contribution in [0.1, 0.15) is 17.7 Å². The number of rotatable bonds is 2. The summed E-state index contributed by atoms with van der Waals surface area (Å²) in [5, 5.41) is 4.96. The van der Waals surface area contributed by atoms with Gasteiger partial charge in [-0.2, -0.15) is 5.10 Å². The molecule has 0 aliphatic carbocycles. The summed E-state index contributed by atoms with van der Waals surface area (Å²) >= 11 is 6.16. The first-order valence-electron chi connectivity index (χ1n) is 5.06. The first-order valence-corrected chi connectivity index (χ1v) is 5.44. The van der Waals surface area contributed by atoms with Crippen molar-refractivity contribution in [3.63, 3.8) is 0 Å². The molecule has 0 aromatic carbocycles. The summed E-state index contributed by atoms with van der Waals surface area (Å²) in [5.41, 5.74) is 7.96. The second-order valence-corrected chi connectivity index (χ2v) is 4.68. The summed E-state index contributed by atoms with van der Waals surface area (Å²) < 4.78 is 7.01. The van der Waals surface area contributed by atoms with Gasteiger partial charge in [0.05, 0.1) is 12.3 Å². The van der Waals surface area contributed by atoms with E-state index in [0.29, 0.717) is 11.8 Å². The molecule has 1 aromatic rings. The van der Waals surface area contributed by atoms with E-state index >= 15 is 0 Å². The van der Waals surface area contributed by atoms with E-state index in [1.54, 1.807) is 4.68 Å². The minimum atomic E-state index is -0.266. The van der Waals surface area contributed by atoms with Crippen LogP contribution in [0.25, 0.3) is 0 Å². The molecule has 1 aliphatic heterocycles. The SMILES string of the molecule is Cc1nn(C)c(Cl)c1CC1(N)CCOC1. The Morgan fingerprint density at radius 3 is 2.87 bits per heavy atom. The van der Waals surface area contributed by atoms with E-state index in [1.165, 1.54) is 0 Å². The van der Waals surface area contributed by atoms with Crippen molar-refractivity contribution < 1.29 is 4.74 Å². The van der Waals surface area contributed by atoms with Crippen molar-refractivity contribution in [3.8, 4) is 0 Å². The summed E-state index contributed by atoms with van der Waals surface area (Å²) in [7, 11) is 1.84. The van der Waals surface area contributed by atoms with E-state index in [2.05, 4.69) is 5.10 Å². The lowest BCUT2D eigenvalue weighted by atomic mass is 9.91. The molecule has 0 amide bonds. The Morgan fingerprint density at radius 2 is 2.40 bits per heavy atom. The fraction of sp³-hybridized carbons (Fsp3) is 0.700. The number of hydrogen-bond acceptors (Lipinski definition) is 3. The van der Waals surface area contributed by atoms with Crippen LogP contribution in [0.15, 0.2) is 0 Å². The van der Waals surface area contributed by atoms with E-state index in [1.807, 2.05) is 14.0 Å². The molecule has 4 nitrogen and oxygen atoms in total. The molecule has 1 aromatic heterocycles. The predicted molar refractivity (Wildman–Crippen MR) is 59.0 cm³/mol. The van der Waals surface area contributed by atoms with Crippen LogP contribution in [0.3, 0.4) is 0 Å². The number of aryl methyl sites for hydroxylation is 2. The zero-order chi connectivity index (χ0) is 11.1. The highest BCUT2D eigenvalue weighted by Gasteiger charge is 2.32. The molecule has 1 fully saturated rings. The Kier molecular flexibility index (Phi) is 2.75. The topological polar surface area (TPSA) is 53.1 Å². The highest BCUT2D eigenvalue weighted by atomic mass is 35.5. The normalized spacial score (nSPS) is 26.1. The van der Waals surface area contributed by atoms with Crippen LogP contribution in [0.5, 0.6) is 0 Å². The van der Waals surface area contributed by atoms with Gasteiger partial charge in [0.1, 0.15) is 5.15 Å². The molecule has 1 saturated heterocycles. The average molecular weight is 230 g/mol. The number of hydrogen-bond donors (Lipinski definition) is 1. The van der Waals surface area contributed by atoms with Crippen molar-refractivity contribution in [2.45, 2.75) is 25.3 Å². The van der Waals surface area contributed by atoms with Crippen molar-refractivity contribution in [1.29, 1.82) is 0 Å². The molecule has 1 aliphatic rings. The van der Waals surface area contributed by atoms with Crippen LogP contribution in [0.2, 0.25) is 5.15 Å². The maximum absolute atomic E-state index is 6.22. The number of ether oxygens (including phenoxy) is 1. The van der Waals surface area contributed by atoms with Crippen molar-refractivity contribution in [3.05, 3.63) is 16.4 Å². The molecule has 1 atom stereocenters. The molecule has 2 heterocycles. The summed E-state index contributed by atoms with van der Waals surface area (Å²) in [6.45, 7) is 3.31. The van der Waals surface area contributed by atoms with Crippen molar-refractivity contribution in [1.82, 2.24) is 9.78 Å². The zero-order valence-corrected chi connectivity index (χ0v) is 9.84. The van der Waals surface area contributed by atoms with E-state index < -0.39 is 0 Å². The third-order valence-electron chi connectivity index (χ3n) is 2.93. The molecule has 2 N–H and O–H groups in total. The lowest BCUT2D eigenvalue weighted by Gasteiger charge is -2.21. The molecular weight excluding hydrogens is 214 g/mol. The van der Waals surface area contributed by atoms with Gasteiger partial charge >= 0.3 is 0 Å². The molecule has 15 heavy (non-hydrogen) atoms. The highest BCUT2D eigenvalue weighted by molar-refractivity contribution is 6.30. The first kappa shape index (κ1) is 10.9. The van der Waals surface area contributed by atoms with Crippen molar-refractivity contribution in [2.24, 2.45) is 12.8 Å². The summed E-state index contributed by atoms with van der Waals surface area (Å²) in [4.78, 5) is 0. The van der Waals surface area contributed by atoms with Crippen molar-refractivity contribution >= 4 is 11.6 Å². The summed E-state index contributed by atoms with van der Waals surface area (Å²) in [6.07, 6.45) is 1.63. The largest absolute Gasteiger partial charge is 0.379 e. The third kappa shape index (κ3) is 2.02. The second-order valence-electron chi connectivity index (χ2n) is 4.32. The lowest BCUT2D eigenvalue weighted by molar-refractivity contribution is 0.178. The molecule has 0 saturated carbocycles. The fourth-order valence-electron chi connectivity index (χ4n) is 1.99. The maximum atomic E-state index is 6.22. The lowest BCUT2D eigenvalue weighted by Crippen LogP contribution is -2.42. The standard InChI is InChI=1S/C10H16ClN3O/c1-7-8(9(11)14(2)13-7)5-10(12)3-4-15-6-10/h3-6,12H2,1-2H3. The molecule has 2 rings (SSSR count). The Morgan fingerprint density at radius 1 is 1.67 bits per heavy atom. The van der Waals surface area contributed by atoms with Crippen LogP contribution >= 0.6 is 11.6 Å². The fourth-order valence-corrected chi connectivity index (χ4v) is 2.23. The van der Waals surface area contributed by atoms with E-state index in [-0.39, 0.29) is 5.54 Å². The third-order valence-corrected chi connectivity index (χ3v) is 3.41. The van der Waals surface area contributed by atoms with Gasteiger partial charge in [-0.3, -0.25) is 4.68 Å². The van der Waals surface area contributed by atoms with Gasteiger partial charge in [0.25, 0.3) is 0 Å². The van der Waals surface area contributed by atoms with Crippen LogP contribution in [-0.4, -0.2) is 28.5 Å². The smallest absolute Gasteiger partial charge is 0.130 e. The number of nitrogens with two attached hydrogens (primary N) is 1. The Balaban J connectivity index is 2.23. The van der Waals surface area contributed by atoms with Crippen molar-refractivity contribution in [2.75, 3.05) is 13.2 Å². The second kappa shape index (κ2) is 3.77. The minimum Gasteiger partial charge on any atom is -0.379 e. The molecule has 0 radical (unpaired) electrons. The monoisotopic (exact) mass is 229 g/mol. The molecule has 5 heteroatoms. The van der Waals surface area contributed by atoms with E-state index in [0.717, 1.165) is 30.7 Å². The zero-order valence-electron chi connectivity index (χ0n) is 9.09. The predicted octanol–water partition coefficient (Wildman–Crippen LogP) is 1.04. The molecular formula is C10H16ClN3O. The number of halogens is 1. The number of aromatic nitrogens is 2. The average Bonchev–Trinajstić information content (AvgIpc) is 2.68. The van der Waals surface area contributed by atoms with Crippen LogP contribution in [0.4, 0.5) is 0 Å². The van der Waals surface area contributed by atoms with Gasteiger partial charge in [-0.05, 0) is 19.8 Å². The van der Waals surface area contributed by atoms with Gasteiger partial charge in [-0.25, -0.2) is 0 Å². The molecule has 1 unspecified atom stereocenters. The first-order chi connectivity index (χ1) is 7.02. The van der Waals surface area contributed by atoms with Gasteiger partial charge in [0.15, 0.2) is 0 Å². The molecule has 84 valence electrons. The highest BCUT2D eigenvalue weighted by Crippen LogP contribution is 2.27. The van der Waals surface area contributed by atoms with Gasteiger partial charge in [0.2, 0.25) is 0 Å². The molecule has 0 bridgehead atoms. The van der Waals surface area contributed by atoms with Gasteiger partial charge < -0.3 is 10.5 Å². The number of nitrogens with zero attached hydrogens (tertiary/aromatic N) is 2. The maximum Gasteiger partial charge on any atom is 0.130 e. The summed E-state index contributed by atoms with van der Waals surface area (Å²) in [5.74, 6) is 0. The van der Waals surface area contributed by atoms with Gasteiger partial charge in [-0.15, -0.1) is 0 Å². The summed E-state index contributed by atoms with van der Waals surface area (Å²) in [6, 6.07) is 0. The quantitative estimate of drug-likeness (QED) is 0.825. The Bertz CT molecular complexity index is 369. The van der Waals surface area contributed by atoms with E-state index in [9.17, 15) is 0 Å². The van der Waals surface area contributed by atoms with Gasteiger partial charge in [-0.1, -0.05) is 11.6 Å². The van der Waals surface area contributed by atoms with E-state index in [4.69, 9.17) is 22.1 Å². The Hall–Kier alpha value is -0.580. The van der Waals surface area contributed by atoms with Crippen LogP contribution in [0, 0.1) is 6.92 Å². The minimum absolute atomic E-state index is 0.266. The van der Waals surface area contributed by atoms with Gasteiger partial charge in [0, 0.05) is 24.8 Å². The van der Waals surface area contributed by atoms with Crippen LogP contribution in [-0.2, 0) is 18.2 Å².